The number of phenols is 1. The molecular weight excluding hydrogens is 422 g/mol. The van der Waals surface area contributed by atoms with Crippen LogP contribution in [0.5, 0.6) is 5.75 Å². The molecule has 4 aromatic rings. The minimum atomic E-state index is -0.520. The third kappa shape index (κ3) is 4.59. The lowest BCUT2D eigenvalue weighted by molar-refractivity contribution is -0.121. The third-order valence-corrected chi connectivity index (χ3v) is 5.13. The van der Waals surface area contributed by atoms with Crippen molar-refractivity contribution in [2.75, 3.05) is 0 Å². The second kappa shape index (κ2) is 8.61. The molecule has 4 rings (SSSR count). The van der Waals surface area contributed by atoms with E-state index in [0.717, 1.165) is 11.1 Å². The number of benzene rings is 2. The van der Waals surface area contributed by atoms with Crippen LogP contribution in [0.25, 0.3) is 22.4 Å². The molecule has 0 aliphatic heterocycles. The van der Waals surface area contributed by atoms with Crippen LogP contribution in [0.2, 0.25) is 5.02 Å². The summed E-state index contributed by atoms with van der Waals surface area (Å²) < 4.78 is 10.4. The molecule has 2 aromatic carbocycles. The van der Waals surface area contributed by atoms with E-state index in [1.165, 1.54) is 12.1 Å². The Hall–Kier alpha value is -3.65. The number of phenolic OH excluding ortho intramolecular Hbond substituents is 1. The average Bonchev–Trinajstić information content (AvgIpc) is 3.21. The van der Waals surface area contributed by atoms with Crippen LogP contribution in [0.15, 0.2) is 56.2 Å². The number of aromatic nitrogens is 2. The molecule has 2 N–H and O–H groups in total. The fourth-order valence-corrected chi connectivity index (χ4v) is 3.34. The van der Waals surface area contributed by atoms with Gasteiger partial charge in [0.15, 0.2) is 0 Å². The van der Waals surface area contributed by atoms with Crippen LogP contribution in [0.4, 0.5) is 0 Å². The summed E-state index contributed by atoms with van der Waals surface area (Å²) >= 11 is 5.87. The van der Waals surface area contributed by atoms with Gasteiger partial charge in [0.1, 0.15) is 11.3 Å². The lowest BCUT2D eigenvalue weighted by Gasteiger charge is -2.08. The first-order valence-electron chi connectivity index (χ1n) is 9.51. The molecule has 0 radical (unpaired) electrons. The summed E-state index contributed by atoms with van der Waals surface area (Å²) in [4.78, 5) is 28.8. The number of hydrogen-bond donors (Lipinski definition) is 2. The molecule has 158 valence electrons. The summed E-state index contributed by atoms with van der Waals surface area (Å²) in [5.74, 6) is 0.411. The highest BCUT2D eigenvalue weighted by Crippen LogP contribution is 2.24. The van der Waals surface area contributed by atoms with Crippen LogP contribution < -0.4 is 10.9 Å². The predicted molar refractivity (Wildman–Crippen MR) is 114 cm³/mol. The first kappa shape index (κ1) is 20.6. The number of nitrogens with zero attached hydrogens (tertiary/aromatic N) is 2. The normalized spacial score (nSPS) is 11.0. The van der Waals surface area contributed by atoms with Crippen LogP contribution in [0, 0.1) is 6.92 Å². The maximum atomic E-state index is 12.3. The molecule has 0 aliphatic rings. The fourth-order valence-electron chi connectivity index (χ4n) is 3.22. The molecule has 0 saturated heterocycles. The highest BCUT2D eigenvalue weighted by atomic mass is 35.5. The zero-order valence-electron chi connectivity index (χ0n) is 16.5. The standard InChI is InChI=1S/C22H18ClN3O5/c1-12-16-7-6-15(27)10-18(16)30-22(29)17(12)8-9-19(28)24-11-20-25-21(26-31-20)13-2-4-14(23)5-3-13/h2-7,10,27H,8-9,11H2,1H3,(H,24,28). The van der Waals surface area contributed by atoms with Crippen LogP contribution in [-0.4, -0.2) is 21.2 Å². The minimum absolute atomic E-state index is 0.0161. The first-order chi connectivity index (χ1) is 14.9. The van der Waals surface area contributed by atoms with Crippen LogP contribution >= 0.6 is 11.6 Å². The summed E-state index contributed by atoms with van der Waals surface area (Å²) in [6, 6.07) is 11.6. The van der Waals surface area contributed by atoms with Gasteiger partial charge in [0.05, 0.1) is 6.54 Å². The van der Waals surface area contributed by atoms with Gasteiger partial charge < -0.3 is 19.4 Å². The molecular formula is C22H18ClN3O5. The van der Waals surface area contributed by atoms with Crippen molar-refractivity contribution in [3.05, 3.63) is 74.9 Å². The second-order valence-corrected chi connectivity index (χ2v) is 7.41. The molecule has 31 heavy (non-hydrogen) atoms. The van der Waals surface area contributed by atoms with Crippen molar-refractivity contribution in [1.82, 2.24) is 15.5 Å². The number of rotatable bonds is 6. The van der Waals surface area contributed by atoms with Crippen molar-refractivity contribution in [2.24, 2.45) is 0 Å². The number of carbonyl (C=O) groups excluding carboxylic acids is 1. The zero-order chi connectivity index (χ0) is 22.0. The Labute approximate surface area is 181 Å². The summed E-state index contributed by atoms with van der Waals surface area (Å²) in [6.07, 6.45) is 0.310. The Morgan fingerprint density at radius 2 is 1.97 bits per heavy atom. The molecule has 0 spiro atoms. The second-order valence-electron chi connectivity index (χ2n) is 6.97. The molecule has 0 bridgehead atoms. The monoisotopic (exact) mass is 439 g/mol. The topological polar surface area (TPSA) is 118 Å². The van der Waals surface area contributed by atoms with E-state index in [1.54, 1.807) is 37.3 Å². The molecule has 8 nitrogen and oxygen atoms in total. The molecule has 1 amide bonds. The molecule has 2 aromatic heterocycles. The van der Waals surface area contributed by atoms with Gasteiger partial charge in [0.2, 0.25) is 17.6 Å². The van der Waals surface area contributed by atoms with Gasteiger partial charge in [-0.25, -0.2) is 4.79 Å². The number of fused-ring (bicyclic) bond motifs is 1. The van der Waals surface area contributed by atoms with Crippen molar-refractivity contribution in [3.63, 3.8) is 0 Å². The van der Waals surface area contributed by atoms with Gasteiger partial charge in [-0.2, -0.15) is 4.98 Å². The Balaban J connectivity index is 1.37. The van der Waals surface area contributed by atoms with Gasteiger partial charge in [0, 0.05) is 34.0 Å². The minimum Gasteiger partial charge on any atom is -0.508 e. The lowest BCUT2D eigenvalue weighted by Crippen LogP contribution is -2.24. The van der Waals surface area contributed by atoms with E-state index >= 15 is 0 Å². The van der Waals surface area contributed by atoms with Gasteiger partial charge in [0.25, 0.3) is 0 Å². The van der Waals surface area contributed by atoms with Gasteiger partial charge in [-0.15, -0.1) is 0 Å². The van der Waals surface area contributed by atoms with E-state index in [1.807, 2.05) is 0 Å². The molecule has 0 fully saturated rings. The largest absolute Gasteiger partial charge is 0.508 e. The molecule has 0 aliphatic carbocycles. The third-order valence-electron chi connectivity index (χ3n) is 4.88. The summed E-state index contributed by atoms with van der Waals surface area (Å²) in [5.41, 5.74) is 1.69. The predicted octanol–water partition coefficient (Wildman–Crippen LogP) is 3.76. The average molecular weight is 440 g/mol. The SMILES string of the molecule is Cc1c(CCC(=O)NCc2nc(-c3ccc(Cl)cc3)no2)c(=O)oc2cc(O)ccc12. The number of nitrogens with one attached hydrogen (secondary N) is 1. The highest BCUT2D eigenvalue weighted by Gasteiger charge is 2.14. The van der Waals surface area contributed by atoms with E-state index in [9.17, 15) is 14.7 Å². The first-order valence-corrected chi connectivity index (χ1v) is 9.89. The number of amides is 1. The summed E-state index contributed by atoms with van der Waals surface area (Å²) in [6.45, 7) is 1.87. The molecule has 2 heterocycles. The fraction of sp³-hybridized carbons (Fsp3) is 0.182. The quantitative estimate of drug-likeness (QED) is 0.439. The van der Waals surface area contributed by atoms with E-state index in [4.69, 9.17) is 20.5 Å². The summed E-state index contributed by atoms with van der Waals surface area (Å²) in [7, 11) is 0. The van der Waals surface area contributed by atoms with Crippen molar-refractivity contribution in [3.8, 4) is 17.1 Å². The van der Waals surface area contributed by atoms with Crippen molar-refractivity contribution in [1.29, 1.82) is 0 Å². The van der Waals surface area contributed by atoms with E-state index in [-0.39, 0.29) is 36.9 Å². The Kier molecular flexibility index (Phi) is 5.73. The van der Waals surface area contributed by atoms with Gasteiger partial charge in [-0.1, -0.05) is 16.8 Å². The molecule has 0 saturated carbocycles. The maximum Gasteiger partial charge on any atom is 0.339 e. The van der Waals surface area contributed by atoms with Gasteiger partial charge in [-0.3, -0.25) is 4.79 Å². The van der Waals surface area contributed by atoms with Gasteiger partial charge in [-0.05, 0) is 55.3 Å². The number of hydrogen-bond acceptors (Lipinski definition) is 7. The Bertz CT molecular complexity index is 1310. The van der Waals surface area contributed by atoms with Crippen LogP contribution in [-0.2, 0) is 17.8 Å². The Morgan fingerprint density at radius 1 is 1.19 bits per heavy atom. The van der Waals surface area contributed by atoms with Crippen molar-refractivity contribution >= 4 is 28.5 Å². The van der Waals surface area contributed by atoms with Crippen molar-refractivity contribution in [2.45, 2.75) is 26.3 Å². The number of carbonyl (C=O) groups is 1. The number of aromatic hydroxyl groups is 1. The zero-order valence-corrected chi connectivity index (χ0v) is 17.3. The Morgan fingerprint density at radius 3 is 2.74 bits per heavy atom. The smallest absolute Gasteiger partial charge is 0.339 e. The maximum absolute atomic E-state index is 12.3. The van der Waals surface area contributed by atoms with Crippen LogP contribution in [0.3, 0.4) is 0 Å². The van der Waals surface area contributed by atoms with E-state index in [0.29, 0.717) is 27.4 Å². The number of aryl methyl sites for hydroxylation is 1. The van der Waals surface area contributed by atoms with E-state index in [2.05, 4.69) is 15.5 Å². The van der Waals surface area contributed by atoms with E-state index < -0.39 is 5.63 Å². The highest BCUT2D eigenvalue weighted by molar-refractivity contribution is 6.30. The molecule has 9 heteroatoms. The van der Waals surface area contributed by atoms with Crippen molar-refractivity contribution < 1.29 is 18.8 Å². The molecule has 0 atom stereocenters. The van der Waals surface area contributed by atoms with Gasteiger partial charge >= 0.3 is 5.63 Å². The lowest BCUT2D eigenvalue weighted by atomic mass is 10.0. The number of halogens is 1. The molecule has 0 unspecified atom stereocenters. The summed E-state index contributed by atoms with van der Waals surface area (Å²) in [5, 5.41) is 17.5. The van der Waals surface area contributed by atoms with Crippen LogP contribution in [0.1, 0.15) is 23.4 Å².